The molecule has 0 radical (unpaired) electrons. The van der Waals surface area contributed by atoms with Gasteiger partial charge in [0.15, 0.2) is 5.96 Å². The van der Waals surface area contributed by atoms with E-state index in [9.17, 15) is 0 Å². The summed E-state index contributed by atoms with van der Waals surface area (Å²) in [4.78, 5) is 10.2. The first kappa shape index (κ1) is 25.5. The third-order valence-electron chi connectivity index (χ3n) is 7.04. The molecule has 0 spiro atoms. The summed E-state index contributed by atoms with van der Waals surface area (Å²) in [7, 11) is 1.71. The molecule has 32 heavy (non-hydrogen) atoms. The van der Waals surface area contributed by atoms with E-state index in [-0.39, 0.29) is 29.4 Å². The molecule has 3 aliphatic rings. The van der Waals surface area contributed by atoms with E-state index in [0.717, 1.165) is 90.2 Å². The van der Waals surface area contributed by atoms with Crippen LogP contribution in [0.15, 0.2) is 29.3 Å². The Morgan fingerprint density at radius 1 is 1.09 bits per heavy atom. The number of hydrogen-bond acceptors (Lipinski definition) is 5. The van der Waals surface area contributed by atoms with E-state index in [2.05, 4.69) is 46.3 Å². The van der Waals surface area contributed by atoms with Crippen LogP contribution in [0.2, 0.25) is 0 Å². The van der Waals surface area contributed by atoms with Gasteiger partial charge in [-0.15, -0.1) is 24.0 Å². The van der Waals surface area contributed by atoms with Gasteiger partial charge in [0, 0.05) is 57.4 Å². The molecule has 0 aliphatic carbocycles. The highest BCUT2D eigenvalue weighted by molar-refractivity contribution is 14.0. The normalized spacial score (nSPS) is 24.1. The van der Waals surface area contributed by atoms with Crippen LogP contribution >= 0.6 is 24.0 Å². The van der Waals surface area contributed by atoms with Gasteiger partial charge < -0.3 is 24.4 Å². The molecule has 0 aromatic heterocycles. The lowest BCUT2D eigenvalue weighted by Gasteiger charge is -2.37. The molecule has 3 saturated heterocycles. The number of halogens is 1. The SMILES string of the molecule is CCNC(=NCC1(c2ccc(OC)cc2)CCOCC1)N1CCC(N2CCOCC2)C1.I. The third kappa shape index (κ3) is 6.07. The smallest absolute Gasteiger partial charge is 0.193 e. The van der Waals surface area contributed by atoms with Crippen LogP contribution in [0.4, 0.5) is 0 Å². The molecule has 1 aromatic rings. The number of ether oxygens (including phenoxy) is 3. The molecule has 0 amide bonds. The minimum absolute atomic E-state index is 0. The maximum absolute atomic E-state index is 5.71. The molecule has 1 atom stereocenters. The van der Waals surface area contributed by atoms with Gasteiger partial charge in [-0.25, -0.2) is 0 Å². The fourth-order valence-electron chi connectivity index (χ4n) is 5.07. The molecule has 8 heteroatoms. The molecule has 0 saturated carbocycles. The van der Waals surface area contributed by atoms with Gasteiger partial charge in [-0.2, -0.15) is 0 Å². The van der Waals surface area contributed by atoms with Crippen molar-refractivity contribution in [1.82, 2.24) is 15.1 Å². The Morgan fingerprint density at radius 2 is 1.78 bits per heavy atom. The Labute approximate surface area is 209 Å². The average Bonchev–Trinajstić information content (AvgIpc) is 3.33. The number of hydrogen-bond donors (Lipinski definition) is 1. The van der Waals surface area contributed by atoms with Gasteiger partial charge in [0.05, 0.1) is 26.9 Å². The Morgan fingerprint density at radius 3 is 2.44 bits per heavy atom. The van der Waals surface area contributed by atoms with Crippen LogP contribution < -0.4 is 10.1 Å². The Bertz CT molecular complexity index is 718. The largest absolute Gasteiger partial charge is 0.497 e. The minimum Gasteiger partial charge on any atom is -0.497 e. The maximum Gasteiger partial charge on any atom is 0.193 e. The van der Waals surface area contributed by atoms with E-state index in [1.54, 1.807) is 7.11 Å². The first-order valence-electron chi connectivity index (χ1n) is 11.8. The zero-order valence-electron chi connectivity index (χ0n) is 19.6. The number of nitrogens with one attached hydrogen (secondary N) is 1. The van der Waals surface area contributed by atoms with Gasteiger partial charge >= 0.3 is 0 Å². The van der Waals surface area contributed by atoms with Crippen LogP contribution in [0.5, 0.6) is 5.75 Å². The molecular weight excluding hydrogens is 519 g/mol. The number of rotatable bonds is 6. The van der Waals surface area contributed by atoms with Gasteiger partial charge in [0.2, 0.25) is 0 Å². The predicted octanol–water partition coefficient (Wildman–Crippen LogP) is 2.73. The van der Waals surface area contributed by atoms with E-state index in [1.807, 2.05) is 0 Å². The summed E-state index contributed by atoms with van der Waals surface area (Å²) >= 11 is 0. The van der Waals surface area contributed by atoms with Crippen LogP contribution in [0, 0.1) is 0 Å². The van der Waals surface area contributed by atoms with Crippen molar-refractivity contribution in [3.05, 3.63) is 29.8 Å². The molecule has 3 aliphatic heterocycles. The fourth-order valence-corrected chi connectivity index (χ4v) is 5.07. The van der Waals surface area contributed by atoms with E-state index < -0.39 is 0 Å². The van der Waals surface area contributed by atoms with Gasteiger partial charge in [0.1, 0.15) is 5.75 Å². The highest BCUT2D eigenvalue weighted by Gasteiger charge is 2.35. The number of methoxy groups -OCH3 is 1. The average molecular weight is 559 g/mol. The van der Waals surface area contributed by atoms with Crippen LogP contribution in [-0.2, 0) is 14.9 Å². The summed E-state index contributed by atoms with van der Waals surface area (Å²) in [6.45, 7) is 11.3. The molecule has 180 valence electrons. The van der Waals surface area contributed by atoms with Gasteiger partial charge in [-0.3, -0.25) is 9.89 Å². The quantitative estimate of drug-likeness (QED) is 0.330. The molecule has 4 rings (SSSR count). The summed E-state index contributed by atoms with van der Waals surface area (Å²) in [5.41, 5.74) is 1.36. The molecule has 1 unspecified atom stereocenters. The van der Waals surface area contributed by atoms with Crippen molar-refractivity contribution < 1.29 is 14.2 Å². The predicted molar refractivity (Wildman–Crippen MR) is 138 cm³/mol. The summed E-state index contributed by atoms with van der Waals surface area (Å²) in [6.07, 6.45) is 3.19. The van der Waals surface area contributed by atoms with Crippen LogP contribution in [0.1, 0.15) is 31.7 Å². The van der Waals surface area contributed by atoms with Crippen molar-refractivity contribution in [3.63, 3.8) is 0 Å². The first-order valence-corrected chi connectivity index (χ1v) is 11.8. The molecule has 7 nitrogen and oxygen atoms in total. The molecule has 0 bridgehead atoms. The van der Waals surface area contributed by atoms with Gasteiger partial charge in [-0.1, -0.05) is 12.1 Å². The monoisotopic (exact) mass is 558 g/mol. The van der Waals surface area contributed by atoms with Crippen molar-refractivity contribution in [1.29, 1.82) is 0 Å². The zero-order chi connectivity index (χ0) is 21.5. The van der Waals surface area contributed by atoms with Crippen molar-refractivity contribution in [3.8, 4) is 5.75 Å². The highest BCUT2D eigenvalue weighted by atomic mass is 127. The number of guanidine groups is 1. The van der Waals surface area contributed by atoms with Crippen LogP contribution in [-0.4, -0.2) is 94.6 Å². The van der Waals surface area contributed by atoms with Crippen molar-refractivity contribution in [2.45, 2.75) is 37.6 Å². The van der Waals surface area contributed by atoms with Crippen LogP contribution in [0.3, 0.4) is 0 Å². The molecular formula is C24H39IN4O3. The zero-order valence-corrected chi connectivity index (χ0v) is 21.9. The molecule has 1 N–H and O–H groups in total. The van der Waals surface area contributed by atoms with E-state index >= 15 is 0 Å². The van der Waals surface area contributed by atoms with E-state index in [0.29, 0.717) is 6.04 Å². The minimum atomic E-state index is 0. The van der Waals surface area contributed by atoms with E-state index in [1.165, 1.54) is 12.0 Å². The second kappa shape index (κ2) is 12.4. The lowest BCUT2D eigenvalue weighted by atomic mass is 9.74. The molecule has 3 heterocycles. The number of aliphatic imine (C=N–C) groups is 1. The maximum atomic E-state index is 5.71. The summed E-state index contributed by atoms with van der Waals surface area (Å²) in [5, 5.41) is 3.56. The summed E-state index contributed by atoms with van der Waals surface area (Å²) < 4.78 is 16.6. The Hall–Kier alpha value is -1.10. The number of likely N-dealkylation sites (tertiary alicyclic amines) is 1. The number of morpholine rings is 1. The summed E-state index contributed by atoms with van der Waals surface area (Å²) in [6, 6.07) is 9.14. The lowest BCUT2D eigenvalue weighted by Crippen LogP contribution is -2.47. The van der Waals surface area contributed by atoms with Crippen molar-refractivity contribution in [2.75, 3.05) is 72.8 Å². The van der Waals surface area contributed by atoms with Crippen molar-refractivity contribution >= 4 is 29.9 Å². The summed E-state index contributed by atoms with van der Waals surface area (Å²) in [5.74, 6) is 1.95. The number of nitrogens with zero attached hydrogens (tertiary/aromatic N) is 3. The Balaban J connectivity index is 0.00000289. The molecule has 3 fully saturated rings. The van der Waals surface area contributed by atoms with Gasteiger partial charge in [0.25, 0.3) is 0 Å². The topological polar surface area (TPSA) is 58.6 Å². The second-order valence-electron chi connectivity index (χ2n) is 8.83. The number of benzene rings is 1. The fraction of sp³-hybridized carbons (Fsp3) is 0.708. The van der Waals surface area contributed by atoms with Crippen molar-refractivity contribution in [2.24, 2.45) is 4.99 Å². The second-order valence-corrected chi connectivity index (χ2v) is 8.83. The highest BCUT2D eigenvalue weighted by Crippen LogP contribution is 2.36. The molecule has 1 aromatic carbocycles. The first-order chi connectivity index (χ1) is 15.2. The lowest BCUT2D eigenvalue weighted by molar-refractivity contribution is 0.0194. The third-order valence-corrected chi connectivity index (χ3v) is 7.04. The Kier molecular flexibility index (Phi) is 9.88. The van der Waals surface area contributed by atoms with Crippen LogP contribution in [0.25, 0.3) is 0 Å². The standard InChI is InChI=1S/C24H38N4O3.HI/c1-3-25-23(28-11-8-21(18-28)27-12-16-31-17-13-27)26-19-24(9-14-30-15-10-24)20-4-6-22(29-2)7-5-20;/h4-7,21H,3,8-19H2,1-2H3,(H,25,26);1H. The van der Waals surface area contributed by atoms with E-state index in [4.69, 9.17) is 19.2 Å². The van der Waals surface area contributed by atoms with Gasteiger partial charge in [-0.05, 0) is 43.9 Å².